The Labute approximate surface area is 178 Å². The number of ether oxygens (including phenoxy) is 1. The number of rotatable bonds is 7. The van der Waals surface area contributed by atoms with Crippen LogP contribution >= 0.6 is 27.5 Å². The van der Waals surface area contributed by atoms with Crippen LogP contribution in [0.1, 0.15) is 17.3 Å². The van der Waals surface area contributed by atoms with Crippen molar-refractivity contribution in [3.8, 4) is 0 Å². The van der Waals surface area contributed by atoms with Gasteiger partial charge in [-0.15, -0.1) is 0 Å². The van der Waals surface area contributed by atoms with Gasteiger partial charge in [0.25, 0.3) is 17.5 Å². The average Bonchev–Trinajstić information content (AvgIpc) is 2.67. The van der Waals surface area contributed by atoms with Crippen LogP contribution in [0.5, 0.6) is 0 Å². The van der Waals surface area contributed by atoms with Crippen LogP contribution in [0.15, 0.2) is 46.9 Å². The number of carbonyl (C=O) groups is 3. The number of amides is 2. The van der Waals surface area contributed by atoms with Gasteiger partial charge in [-0.05, 0) is 43.3 Å². The van der Waals surface area contributed by atoms with Crippen LogP contribution in [0, 0.1) is 10.1 Å². The molecule has 0 aliphatic heterocycles. The van der Waals surface area contributed by atoms with Crippen molar-refractivity contribution in [1.29, 1.82) is 0 Å². The lowest BCUT2D eigenvalue weighted by atomic mass is 10.2. The molecule has 2 aromatic rings. The lowest BCUT2D eigenvalue weighted by Gasteiger charge is -2.14. The van der Waals surface area contributed by atoms with E-state index in [0.717, 1.165) is 10.5 Å². The largest absolute Gasteiger partial charge is 0.451 e. The van der Waals surface area contributed by atoms with Crippen LogP contribution in [0.4, 0.5) is 11.4 Å². The molecule has 0 bridgehead atoms. The predicted molar refractivity (Wildman–Crippen MR) is 109 cm³/mol. The molecule has 0 fully saturated rings. The molecule has 0 aliphatic rings. The number of hydrogen-bond donors (Lipinski definition) is 2. The molecule has 2 amide bonds. The summed E-state index contributed by atoms with van der Waals surface area (Å²) in [6.07, 6.45) is -1.10. The summed E-state index contributed by atoms with van der Waals surface area (Å²) >= 11 is 8.97. The minimum Gasteiger partial charge on any atom is -0.451 e. The Morgan fingerprint density at radius 2 is 1.86 bits per heavy atom. The van der Waals surface area contributed by atoms with Gasteiger partial charge in [-0.1, -0.05) is 27.5 Å². The maximum absolute atomic E-state index is 12.1. The third-order valence-electron chi connectivity index (χ3n) is 3.59. The van der Waals surface area contributed by atoms with Gasteiger partial charge in [0.15, 0.2) is 6.10 Å². The first-order valence-electron chi connectivity index (χ1n) is 8.15. The fourth-order valence-corrected chi connectivity index (χ4v) is 2.57. The Kier molecular flexibility index (Phi) is 7.68. The van der Waals surface area contributed by atoms with Gasteiger partial charge in [-0.25, -0.2) is 0 Å². The minimum atomic E-state index is -1.10. The van der Waals surface area contributed by atoms with Crippen molar-refractivity contribution < 1.29 is 24.0 Å². The third kappa shape index (κ3) is 6.54. The maximum Gasteiger partial charge on any atom is 0.326 e. The minimum absolute atomic E-state index is 0.0464. The van der Waals surface area contributed by atoms with E-state index < -0.39 is 41.0 Å². The highest BCUT2D eigenvalue weighted by molar-refractivity contribution is 9.10. The number of benzene rings is 2. The van der Waals surface area contributed by atoms with Gasteiger partial charge < -0.3 is 15.4 Å². The topological polar surface area (TPSA) is 128 Å². The number of nitrogens with zero attached hydrogens (tertiary/aromatic N) is 1. The van der Waals surface area contributed by atoms with Crippen molar-refractivity contribution in [2.24, 2.45) is 0 Å². The van der Waals surface area contributed by atoms with E-state index in [1.54, 1.807) is 24.3 Å². The molecule has 1 atom stereocenters. The highest BCUT2D eigenvalue weighted by Crippen LogP contribution is 2.25. The second-order valence-electron chi connectivity index (χ2n) is 5.73. The van der Waals surface area contributed by atoms with Crippen LogP contribution in [-0.4, -0.2) is 35.4 Å². The first-order chi connectivity index (χ1) is 13.7. The molecule has 2 aromatic carbocycles. The van der Waals surface area contributed by atoms with E-state index in [4.69, 9.17) is 16.3 Å². The molecule has 0 aliphatic carbocycles. The van der Waals surface area contributed by atoms with E-state index in [2.05, 4.69) is 26.6 Å². The van der Waals surface area contributed by atoms with E-state index >= 15 is 0 Å². The smallest absolute Gasteiger partial charge is 0.326 e. The Hall–Kier alpha value is -2.98. The Morgan fingerprint density at radius 3 is 2.48 bits per heavy atom. The van der Waals surface area contributed by atoms with Crippen molar-refractivity contribution >= 4 is 56.7 Å². The fraction of sp³-hybridized carbons (Fsp3) is 0.167. The zero-order valence-electron chi connectivity index (χ0n) is 15.0. The summed E-state index contributed by atoms with van der Waals surface area (Å²) in [5.74, 6) is -2.12. The summed E-state index contributed by atoms with van der Waals surface area (Å²) in [5, 5.41) is 15.6. The molecule has 0 aromatic heterocycles. The van der Waals surface area contributed by atoms with Crippen LogP contribution < -0.4 is 10.6 Å². The quantitative estimate of drug-likeness (QED) is 0.352. The number of nitrogens with one attached hydrogen (secondary N) is 2. The van der Waals surface area contributed by atoms with Crippen molar-refractivity contribution in [2.75, 3.05) is 11.9 Å². The molecule has 2 N–H and O–H groups in total. The molecule has 0 heterocycles. The first kappa shape index (κ1) is 22.3. The lowest BCUT2D eigenvalue weighted by molar-refractivity contribution is -0.384. The normalized spacial score (nSPS) is 11.3. The predicted octanol–water partition coefficient (Wildman–Crippen LogP) is 3.31. The number of nitro benzene ring substituents is 1. The second-order valence-corrected chi connectivity index (χ2v) is 7.06. The highest BCUT2D eigenvalue weighted by Gasteiger charge is 2.20. The molecule has 29 heavy (non-hydrogen) atoms. The number of nitro groups is 1. The van der Waals surface area contributed by atoms with Crippen molar-refractivity contribution in [1.82, 2.24) is 5.32 Å². The summed E-state index contributed by atoms with van der Waals surface area (Å²) in [6.45, 7) is 0.863. The molecule has 152 valence electrons. The van der Waals surface area contributed by atoms with E-state index in [1.165, 1.54) is 19.1 Å². The summed E-state index contributed by atoms with van der Waals surface area (Å²) in [7, 11) is 0. The number of hydrogen-bond acceptors (Lipinski definition) is 6. The van der Waals surface area contributed by atoms with Crippen LogP contribution in [0.2, 0.25) is 5.02 Å². The SMILES string of the molecule is CC(OC(=O)CNC(=O)c1ccc(Cl)c([N+](=O)[O-])c1)C(=O)Nc1ccc(Br)cc1. The van der Waals surface area contributed by atoms with Crippen LogP contribution in [0.25, 0.3) is 0 Å². The van der Waals surface area contributed by atoms with Crippen LogP contribution in [-0.2, 0) is 14.3 Å². The van der Waals surface area contributed by atoms with E-state index in [-0.39, 0.29) is 10.6 Å². The van der Waals surface area contributed by atoms with Crippen molar-refractivity contribution in [3.05, 3.63) is 67.6 Å². The number of esters is 1. The van der Waals surface area contributed by atoms with E-state index in [9.17, 15) is 24.5 Å². The van der Waals surface area contributed by atoms with Gasteiger partial charge in [0, 0.05) is 21.8 Å². The van der Waals surface area contributed by atoms with Crippen molar-refractivity contribution in [2.45, 2.75) is 13.0 Å². The summed E-state index contributed by atoms with van der Waals surface area (Å²) in [6, 6.07) is 10.3. The third-order valence-corrected chi connectivity index (χ3v) is 4.44. The van der Waals surface area contributed by atoms with E-state index in [1.807, 2.05) is 0 Å². The zero-order chi connectivity index (χ0) is 21.6. The summed E-state index contributed by atoms with van der Waals surface area (Å²) in [4.78, 5) is 46.1. The van der Waals surface area contributed by atoms with Gasteiger partial charge >= 0.3 is 5.97 Å². The monoisotopic (exact) mass is 483 g/mol. The summed E-state index contributed by atoms with van der Waals surface area (Å²) < 4.78 is 5.82. The first-order valence-corrected chi connectivity index (χ1v) is 9.32. The zero-order valence-corrected chi connectivity index (χ0v) is 17.3. The van der Waals surface area contributed by atoms with Gasteiger partial charge in [0.05, 0.1) is 4.92 Å². The molecule has 2 rings (SSSR count). The maximum atomic E-state index is 12.1. The molecule has 1 unspecified atom stereocenters. The number of halogens is 2. The molecule has 0 radical (unpaired) electrons. The van der Waals surface area contributed by atoms with Gasteiger partial charge in [0.2, 0.25) is 0 Å². The fourth-order valence-electron chi connectivity index (χ4n) is 2.12. The van der Waals surface area contributed by atoms with Gasteiger partial charge in [0.1, 0.15) is 11.6 Å². The molecule has 0 spiro atoms. The lowest BCUT2D eigenvalue weighted by Crippen LogP contribution is -2.35. The molecule has 11 heteroatoms. The summed E-state index contributed by atoms with van der Waals surface area (Å²) in [5.41, 5.74) is 0.0498. The highest BCUT2D eigenvalue weighted by atomic mass is 79.9. The number of anilines is 1. The van der Waals surface area contributed by atoms with Crippen molar-refractivity contribution in [3.63, 3.8) is 0 Å². The Morgan fingerprint density at radius 1 is 1.21 bits per heavy atom. The standard InChI is InChI=1S/C18H15BrClN3O6/c1-10(17(25)22-13-5-3-12(19)4-6-13)29-16(24)9-21-18(26)11-2-7-14(20)15(8-11)23(27)28/h2-8,10H,9H2,1H3,(H,21,26)(H,22,25). The Balaban J connectivity index is 1.86. The Bertz CT molecular complexity index is 951. The van der Waals surface area contributed by atoms with Gasteiger partial charge in [-0.3, -0.25) is 24.5 Å². The average molecular weight is 485 g/mol. The second kappa shape index (κ2) is 9.99. The molecule has 0 saturated heterocycles. The van der Waals surface area contributed by atoms with Gasteiger partial charge in [-0.2, -0.15) is 0 Å². The van der Waals surface area contributed by atoms with E-state index in [0.29, 0.717) is 5.69 Å². The van der Waals surface area contributed by atoms with Crippen LogP contribution in [0.3, 0.4) is 0 Å². The molecular weight excluding hydrogens is 470 g/mol. The molecule has 9 nitrogen and oxygen atoms in total. The molecule has 0 saturated carbocycles. The molecular formula is C18H15BrClN3O6. The number of carbonyl (C=O) groups excluding carboxylic acids is 3.